The van der Waals surface area contributed by atoms with Crippen molar-refractivity contribution in [3.05, 3.63) is 57.7 Å². The van der Waals surface area contributed by atoms with Crippen molar-refractivity contribution < 1.29 is 14.3 Å². The summed E-state index contributed by atoms with van der Waals surface area (Å²) in [7, 11) is 0. The monoisotopic (exact) mass is 318 g/mol. The number of aryl methyl sites for hydroxylation is 1. The van der Waals surface area contributed by atoms with E-state index in [1.165, 1.54) is 23.5 Å². The molecule has 0 saturated heterocycles. The highest BCUT2D eigenvalue weighted by atomic mass is 32.1. The van der Waals surface area contributed by atoms with Gasteiger partial charge in [0.2, 0.25) is 0 Å². The highest BCUT2D eigenvalue weighted by Gasteiger charge is 2.14. The lowest BCUT2D eigenvalue weighted by molar-refractivity contribution is 0.0912. The minimum absolute atomic E-state index is 0.123. The lowest BCUT2D eigenvalue weighted by Crippen LogP contribution is -2.28. The molecular formula is C16H15FN2O2S. The fraction of sp³-hybridized carbons (Fsp3) is 0.188. The highest BCUT2D eigenvalue weighted by Crippen LogP contribution is 2.21. The summed E-state index contributed by atoms with van der Waals surface area (Å²) >= 11 is 1.49. The van der Waals surface area contributed by atoms with Crippen LogP contribution < -0.4 is 5.32 Å². The molecule has 22 heavy (non-hydrogen) atoms. The molecule has 0 spiro atoms. The van der Waals surface area contributed by atoms with Crippen molar-refractivity contribution in [2.24, 2.45) is 0 Å². The highest BCUT2D eigenvalue weighted by molar-refractivity contribution is 7.07. The van der Waals surface area contributed by atoms with Gasteiger partial charge in [0, 0.05) is 17.4 Å². The van der Waals surface area contributed by atoms with Crippen molar-refractivity contribution >= 4 is 28.1 Å². The smallest absolute Gasteiger partial charge is 0.267 e. The normalized spacial score (nSPS) is 12.5. The molecule has 2 aromatic heterocycles. The van der Waals surface area contributed by atoms with E-state index in [0.717, 1.165) is 16.5 Å². The number of rotatable bonds is 4. The number of aliphatic hydroxyl groups excluding tert-OH is 1. The molecule has 0 radical (unpaired) electrons. The summed E-state index contributed by atoms with van der Waals surface area (Å²) in [6, 6.07) is 6.30. The molecule has 1 amide bonds. The Morgan fingerprint density at radius 2 is 2.27 bits per heavy atom. The molecular weight excluding hydrogens is 303 g/mol. The fourth-order valence-electron chi connectivity index (χ4n) is 2.36. The first-order chi connectivity index (χ1) is 10.5. The summed E-state index contributed by atoms with van der Waals surface area (Å²) in [5.41, 5.74) is 2.48. The lowest BCUT2D eigenvalue weighted by Gasteiger charge is -2.09. The maximum absolute atomic E-state index is 13.4. The van der Waals surface area contributed by atoms with Gasteiger partial charge in [-0.25, -0.2) is 4.39 Å². The average molecular weight is 318 g/mol. The van der Waals surface area contributed by atoms with Crippen LogP contribution in [-0.2, 0) is 0 Å². The Morgan fingerprint density at radius 1 is 1.45 bits per heavy atom. The minimum atomic E-state index is -0.737. The van der Waals surface area contributed by atoms with Gasteiger partial charge < -0.3 is 15.4 Å². The van der Waals surface area contributed by atoms with Crippen LogP contribution in [0.5, 0.6) is 0 Å². The summed E-state index contributed by atoms with van der Waals surface area (Å²) < 4.78 is 13.4. The fourth-order valence-corrected chi connectivity index (χ4v) is 3.07. The number of halogens is 1. The standard InChI is InChI=1S/C16H15FN2O2S/c1-9-4-11(17)5-13-12(9)6-14(19-13)16(21)18-7-15(20)10-2-3-22-8-10/h2-6,8,15,19-20H,7H2,1H3,(H,18,21). The SMILES string of the molecule is Cc1cc(F)cc2[nH]c(C(=O)NCC(O)c3ccsc3)cc12. The molecule has 0 bridgehead atoms. The van der Waals surface area contributed by atoms with Gasteiger partial charge in [0.15, 0.2) is 0 Å². The molecule has 1 atom stereocenters. The second-order valence-electron chi connectivity index (χ2n) is 5.15. The Labute approximate surface area is 130 Å². The van der Waals surface area contributed by atoms with Gasteiger partial charge in [-0.05, 0) is 53.1 Å². The summed E-state index contributed by atoms with van der Waals surface area (Å²) in [6.45, 7) is 1.92. The molecule has 4 nitrogen and oxygen atoms in total. The topological polar surface area (TPSA) is 65.1 Å². The van der Waals surface area contributed by atoms with Crippen LogP contribution in [0, 0.1) is 12.7 Å². The molecule has 3 aromatic rings. The molecule has 0 aliphatic heterocycles. The van der Waals surface area contributed by atoms with E-state index in [0.29, 0.717) is 11.2 Å². The molecule has 0 aliphatic carbocycles. The molecule has 0 fully saturated rings. The number of amides is 1. The molecule has 1 aromatic carbocycles. The zero-order valence-corrected chi connectivity index (χ0v) is 12.7. The first-order valence-electron chi connectivity index (χ1n) is 6.82. The van der Waals surface area contributed by atoms with E-state index >= 15 is 0 Å². The Kier molecular flexibility index (Phi) is 3.96. The largest absolute Gasteiger partial charge is 0.387 e. The number of benzene rings is 1. The maximum Gasteiger partial charge on any atom is 0.267 e. The molecule has 0 aliphatic rings. The Hall–Kier alpha value is -2.18. The summed E-state index contributed by atoms with van der Waals surface area (Å²) in [6.07, 6.45) is -0.737. The number of hydrogen-bond acceptors (Lipinski definition) is 3. The second-order valence-corrected chi connectivity index (χ2v) is 5.93. The quantitative estimate of drug-likeness (QED) is 0.692. The van der Waals surface area contributed by atoms with Crippen LogP contribution in [0.4, 0.5) is 4.39 Å². The number of carbonyl (C=O) groups excluding carboxylic acids is 1. The van der Waals surface area contributed by atoms with Crippen LogP contribution in [0.1, 0.15) is 27.7 Å². The van der Waals surface area contributed by atoms with Gasteiger partial charge in [-0.1, -0.05) is 0 Å². The van der Waals surface area contributed by atoms with E-state index in [-0.39, 0.29) is 18.3 Å². The van der Waals surface area contributed by atoms with Crippen LogP contribution in [-0.4, -0.2) is 22.5 Å². The Bertz CT molecular complexity index is 811. The van der Waals surface area contributed by atoms with Crippen LogP contribution in [0.2, 0.25) is 0 Å². The van der Waals surface area contributed by atoms with Gasteiger partial charge >= 0.3 is 0 Å². The molecule has 114 valence electrons. The second kappa shape index (κ2) is 5.90. The van der Waals surface area contributed by atoms with Gasteiger partial charge in [-0.3, -0.25) is 4.79 Å². The van der Waals surface area contributed by atoms with Crippen LogP contribution in [0.25, 0.3) is 10.9 Å². The number of hydrogen-bond donors (Lipinski definition) is 3. The number of nitrogens with one attached hydrogen (secondary N) is 2. The first kappa shape index (κ1) is 14.7. The number of thiophene rings is 1. The predicted octanol–water partition coefficient (Wildman–Crippen LogP) is 3.14. The number of aromatic amines is 1. The van der Waals surface area contributed by atoms with Crippen LogP contribution >= 0.6 is 11.3 Å². The van der Waals surface area contributed by atoms with Crippen LogP contribution in [0.3, 0.4) is 0 Å². The van der Waals surface area contributed by atoms with Gasteiger partial charge in [-0.2, -0.15) is 11.3 Å². The Balaban J connectivity index is 1.74. The van der Waals surface area contributed by atoms with Crippen molar-refractivity contribution in [1.29, 1.82) is 0 Å². The van der Waals surface area contributed by atoms with Gasteiger partial charge in [0.25, 0.3) is 5.91 Å². The van der Waals surface area contributed by atoms with Crippen molar-refractivity contribution in [3.63, 3.8) is 0 Å². The van der Waals surface area contributed by atoms with E-state index in [1.54, 1.807) is 13.0 Å². The summed E-state index contributed by atoms with van der Waals surface area (Å²) in [4.78, 5) is 15.0. The number of carbonyl (C=O) groups is 1. The van der Waals surface area contributed by atoms with Crippen molar-refractivity contribution in [1.82, 2.24) is 10.3 Å². The summed E-state index contributed by atoms with van der Waals surface area (Å²) in [5, 5.41) is 17.2. The third-order valence-corrected chi connectivity index (χ3v) is 4.24. The summed E-state index contributed by atoms with van der Waals surface area (Å²) in [5.74, 6) is -0.669. The number of aliphatic hydroxyl groups is 1. The molecule has 3 N–H and O–H groups in total. The van der Waals surface area contributed by atoms with Gasteiger partial charge in [-0.15, -0.1) is 0 Å². The lowest BCUT2D eigenvalue weighted by atomic mass is 10.1. The minimum Gasteiger partial charge on any atom is -0.387 e. The van der Waals surface area contributed by atoms with Crippen LogP contribution in [0.15, 0.2) is 35.0 Å². The molecule has 0 saturated carbocycles. The van der Waals surface area contributed by atoms with E-state index in [1.807, 2.05) is 16.8 Å². The van der Waals surface area contributed by atoms with E-state index in [9.17, 15) is 14.3 Å². The van der Waals surface area contributed by atoms with E-state index in [2.05, 4.69) is 10.3 Å². The van der Waals surface area contributed by atoms with Gasteiger partial charge in [0.1, 0.15) is 11.5 Å². The first-order valence-corrected chi connectivity index (χ1v) is 7.76. The maximum atomic E-state index is 13.4. The number of fused-ring (bicyclic) bond motifs is 1. The van der Waals surface area contributed by atoms with Crippen molar-refractivity contribution in [2.75, 3.05) is 6.54 Å². The van der Waals surface area contributed by atoms with Crippen molar-refractivity contribution in [2.45, 2.75) is 13.0 Å². The zero-order valence-electron chi connectivity index (χ0n) is 11.9. The van der Waals surface area contributed by atoms with E-state index in [4.69, 9.17) is 0 Å². The number of H-pyrrole nitrogens is 1. The average Bonchev–Trinajstić information content (AvgIpc) is 3.13. The molecule has 6 heteroatoms. The molecule has 1 unspecified atom stereocenters. The third kappa shape index (κ3) is 2.88. The third-order valence-electron chi connectivity index (χ3n) is 3.54. The van der Waals surface area contributed by atoms with Gasteiger partial charge in [0.05, 0.1) is 6.10 Å². The Morgan fingerprint density at radius 3 is 3.00 bits per heavy atom. The molecule has 2 heterocycles. The molecule has 3 rings (SSSR count). The van der Waals surface area contributed by atoms with Crippen molar-refractivity contribution in [3.8, 4) is 0 Å². The number of aromatic nitrogens is 1. The predicted molar refractivity (Wildman–Crippen MR) is 84.6 cm³/mol. The van der Waals surface area contributed by atoms with E-state index < -0.39 is 6.10 Å². The zero-order chi connectivity index (χ0) is 15.7.